The maximum absolute atomic E-state index is 3.63. The van der Waals surface area contributed by atoms with Gasteiger partial charge >= 0.3 is 0 Å². The predicted octanol–water partition coefficient (Wildman–Crippen LogP) is 3.93. The Balaban J connectivity index is 2.68. The Hall–Kier alpha value is -1.02. The lowest BCUT2D eigenvalue weighted by atomic mass is 9.84. The molecule has 0 aliphatic carbocycles. The van der Waals surface area contributed by atoms with Crippen LogP contribution in [0.15, 0.2) is 30.3 Å². The zero-order chi connectivity index (χ0) is 14.3. The molecular formula is C17H30N2. The van der Waals surface area contributed by atoms with E-state index in [4.69, 9.17) is 0 Å². The molecule has 1 aromatic carbocycles. The van der Waals surface area contributed by atoms with E-state index in [2.05, 4.69) is 75.2 Å². The Bertz CT molecular complexity index is 346. The van der Waals surface area contributed by atoms with Gasteiger partial charge in [0.05, 0.1) is 0 Å². The number of anilines is 1. The van der Waals surface area contributed by atoms with E-state index in [1.54, 1.807) is 0 Å². The number of nitrogens with zero attached hydrogens (tertiary/aromatic N) is 1. The fraction of sp³-hybridized carbons (Fsp3) is 0.647. The van der Waals surface area contributed by atoms with E-state index in [9.17, 15) is 0 Å². The molecule has 0 bridgehead atoms. The van der Waals surface area contributed by atoms with Crippen LogP contribution in [0.25, 0.3) is 0 Å². The summed E-state index contributed by atoms with van der Waals surface area (Å²) in [5.74, 6) is 0. The minimum absolute atomic E-state index is 0.251. The molecule has 0 aromatic heterocycles. The first kappa shape index (κ1) is 16.0. The maximum Gasteiger partial charge on any atom is 0.0366 e. The van der Waals surface area contributed by atoms with Gasteiger partial charge in [-0.05, 0) is 44.4 Å². The van der Waals surface area contributed by atoms with Crippen LogP contribution < -0.4 is 10.2 Å². The summed E-state index contributed by atoms with van der Waals surface area (Å²) in [5, 5.41) is 3.63. The average molecular weight is 262 g/mol. The minimum atomic E-state index is 0.251. The Morgan fingerprint density at radius 3 is 2.32 bits per heavy atom. The highest BCUT2D eigenvalue weighted by Crippen LogP contribution is 2.25. The number of hydrogen-bond acceptors (Lipinski definition) is 2. The molecule has 19 heavy (non-hydrogen) atoms. The van der Waals surface area contributed by atoms with Crippen LogP contribution in [0.3, 0.4) is 0 Å². The second-order valence-electron chi connectivity index (χ2n) is 6.01. The van der Waals surface area contributed by atoms with Crippen molar-refractivity contribution in [1.82, 2.24) is 5.32 Å². The minimum Gasteiger partial charge on any atom is -0.371 e. The van der Waals surface area contributed by atoms with E-state index in [1.165, 1.54) is 12.1 Å². The van der Waals surface area contributed by atoms with Crippen LogP contribution >= 0.6 is 0 Å². The van der Waals surface area contributed by atoms with Gasteiger partial charge in [-0.2, -0.15) is 0 Å². The SMILES string of the molecule is CCCNC(C)C(C)(C)CN(CC)c1ccccc1. The Morgan fingerprint density at radius 2 is 1.79 bits per heavy atom. The van der Waals surface area contributed by atoms with Crippen molar-refractivity contribution < 1.29 is 0 Å². The number of nitrogens with one attached hydrogen (secondary N) is 1. The van der Waals surface area contributed by atoms with Gasteiger partial charge in [0, 0.05) is 24.8 Å². The summed E-state index contributed by atoms with van der Waals surface area (Å²) in [6.07, 6.45) is 1.19. The van der Waals surface area contributed by atoms with Crippen molar-refractivity contribution >= 4 is 5.69 Å². The summed E-state index contributed by atoms with van der Waals surface area (Å²) in [4.78, 5) is 2.46. The second-order valence-corrected chi connectivity index (χ2v) is 6.01. The van der Waals surface area contributed by atoms with Crippen molar-refractivity contribution in [3.8, 4) is 0 Å². The van der Waals surface area contributed by atoms with E-state index in [1.807, 2.05) is 0 Å². The third-order valence-electron chi connectivity index (χ3n) is 3.97. The Morgan fingerprint density at radius 1 is 1.16 bits per heavy atom. The van der Waals surface area contributed by atoms with Crippen LogP contribution in [0.4, 0.5) is 5.69 Å². The Labute approximate surface area is 119 Å². The summed E-state index contributed by atoms with van der Waals surface area (Å²) < 4.78 is 0. The van der Waals surface area contributed by atoms with Gasteiger partial charge in [0.25, 0.3) is 0 Å². The molecule has 0 saturated heterocycles. The number of para-hydroxylation sites is 1. The van der Waals surface area contributed by atoms with Crippen LogP contribution in [0.1, 0.15) is 41.0 Å². The summed E-state index contributed by atoms with van der Waals surface area (Å²) in [5.41, 5.74) is 1.57. The molecule has 0 heterocycles. The summed E-state index contributed by atoms with van der Waals surface area (Å²) in [6, 6.07) is 11.2. The van der Waals surface area contributed by atoms with Crippen molar-refractivity contribution in [2.24, 2.45) is 5.41 Å². The van der Waals surface area contributed by atoms with Crippen LogP contribution in [0.2, 0.25) is 0 Å². The molecule has 108 valence electrons. The third kappa shape index (κ3) is 4.87. The lowest BCUT2D eigenvalue weighted by Gasteiger charge is -2.38. The first-order valence-corrected chi connectivity index (χ1v) is 7.54. The molecule has 1 N–H and O–H groups in total. The molecule has 0 saturated carbocycles. The van der Waals surface area contributed by atoms with Crippen LogP contribution in [0, 0.1) is 5.41 Å². The quantitative estimate of drug-likeness (QED) is 0.763. The van der Waals surface area contributed by atoms with Crippen molar-refractivity contribution in [2.45, 2.75) is 47.1 Å². The smallest absolute Gasteiger partial charge is 0.0366 e. The first-order valence-electron chi connectivity index (χ1n) is 7.54. The zero-order valence-corrected chi connectivity index (χ0v) is 13.2. The molecule has 0 aliphatic heterocycles. The van der Waals surface area contributed by atoms with Gasteiger partial charge < -0.3 is 10.2 Å². The van der Waals surface area contributed by atoms with Gasteiger partial charge in [0.1, 0.15) is 0 Å². The third-order valence-corrected chi connectivity index (χ3v) is 3.97. The van der Waals surface area contributed by atoms with E-state index < -0.39 is 0 Å². The van der Waals surface area contributed by atoms with Crippen molar-refractivity contribution in [3.63, 3.8) is 0 Å². The summed E-state index contributed by atoms with van der Waals surface area (Å²) in [6.45, 7) is 14.7. The number of benzene rings is 1. The van der Waals surface area contributed by atoms with Gasteiger partial charge in [-0.1, -0.05) is 39.0 Å². The average Bonchev–Trinajstić information content (AvgIpc) is 2.43. The molecular weight excluding hydrogens is 232 g/mol. The van der Waals surface area contributed by atoms with E-state index >= 15 is 0 Å². The van der Waals surface area contributed by atoms with Crippen molar-refractivity contribution in [1.29, 1.82) is 0 Å². The monoisotopic (exact) mass is 262 g/mol. The summed E-state index contributed by atoms with van der Waals surface area (Å²) >= 11 is 0. The van der Waals surface area contributed by atoms with Gasteiger partial charge in [-0.25, -0.2) is 0 Å². The molecule has 0 radical (unpaired) electrons. The topological polar surface area (TPSA) is 15.3 Å². The van der Waals surface area contributed by atoms with Gasteiger partial charge in [0.2, 0.25) is 0 Å². The van der Waals surface area contributed by atoms with E-state index in [0.29, 0.717) is 6.04 Å². The lowest BCUT2D eigenvalue weighted by Crippen LogP contribution is -2.47. The van der Waals surface area contributed by atoms with E-state index in [-0.39, 0.29) is 5.41 Å². The largest absolute Gasteiger partial charge is 0.371 e. The van der Waals surface area contributed by atoms with Crippen LogP contribution in [-0.4, -0.2) is 25.7 Å². The summed E-state index contributed by atoms with van der Waals surface area (Å²) in [7, 11) is 0. The molecule has 1 aromatic rings. The normalized spacial score (nSPS) is 13.3. The molecule has 0 aliphatic rings. The fourth-order valence-electron chi connectivity index (χ4n) is 2.29. The van der Waals surface area contributed by atoms with Gasteiger partial charge in [0.15, 0.2) is 0 Å². The van der Waals surface area contributed by atoms with Crippen LogP contribution in [0.5, 0.6) is 0 Å². The molecule has 0 amide bonds. The fourth-order valence-corrected chi connectivity index (χ4v) is 2.29. The van der Waals surface area contributed by atoms with Crippen molar-refractivity contribution in [3.05, 3.63) is 30.3 Å². The first-order chi connectivity index (χ1) is 9.01. The van der Waals surface area contributed by atoms with Gasteiger partial charge in [-0.15, -0.1) is 0 Å². The second kappa shape index (κ2) is 7.54. The molecule has 2 heteroatoms. The highest BCUT2D eigenvalue weighted by Gasteiger charge is 2.27. The number of rotatable bonds is 8. The molecule has 1 unspecified atom stereocenters. The lowest BCUT2D eigenvalue weighted by molar-refractivity contribution is 0.261. The molecule has 1 rings (SSSR count). The Kier molecular flexibility index (Phi) is 6.36. The molecule has 2 nitrogen and oxygen atoms in total. The number of hydrogen-bond donors (Lipinski definition) is 1. The molecule has 0 fully saturated rings. The zero-order valence-electron chi connectivity index (χ0n) is 13.2. The van der Waals surface area contributed by atoms with Crippen molar-refractivity contribution in [2.75, 3.05) is 24.5 Å². The maximum atomic E-state index is 3.63. The standard InChI is InChI=1S/C17H30N2/c1-6-13-18-15(3)17(4,5)14-19(7-2)16-11-9-8-10-12-16/h8-12,15,18H,6-7,13-14H2,1-5H3. The highest BCUT2D eigenvalue weighted by molar-refractivity contribution is 5.46. The molecule has 1 atom stereocenters. The van der Waals surface area contributed by atoms with Gasteiger partial charge in [-0.3, -0.25) is 0 Å². The molecule has 0 spiro atoms. The van der Waals surface area contributed by atoms with E-state index in [0.717, 1.165) is 19.6 Å². The highest BCUT2D eigenvalue weighted by atomic mass is 15.1. The van der Waals surface area contributed by atoms with Crippen LogP contribution in [-0.2, 0) is 0 Å². The predicted molar refractivity (Wildman–Crippen MR) is 85.9 cm³/mol.